The van der Waals surface area contributed by atoms with Gasteiger partial charge in [-0.2, -0.15) is 13.2 Å². The minimum atomic E-state index is -4.47. The van der Waals surface area contributed by atoms with Crippen molar-refractivity contribution in [1.82, 2.24) is 0 Å². The Morgan fingerprint density at radius 3 is 2.56 bits per heavy atom. The standard InChI is InChI=1S/C24H33F3O6Si/c1-4-34(5-2,6-3)33-19-12-18-16(11-20(29)31-18)21(19)23-22(32-23)17(28)13-30-15-9-7-8-14(10-15)24(25,26)27/h7-10,16-19,21-23,28H,4-6,11-13H2,1-3H3/t16-,17-,18-,19+,21+,22?,23+/m0/s1. The maximum Gasteiger partial charge on any atom is 0.416 e. The Bertz CT molecular complexity index is 868. The molecule has 1 N–H and O–H groups in total. The van der Waals surface area contributed by atoms with Gasteiger partial charge in [0, 0.05) is 18.3 Å². The zero-order valence-corrected chi connectivity index (χ0v) is 20.7. The van der Waals surface area contributed by atoms with Crippen molar-refractivity contribution in [3.05, 3.63) is 29.8 Å². The molecule has 1 aliphatic carbocycles. The molecule has 0 bridgehead atoms. The summed E-state index contributed by atoms with van der Waals surface area (Å²) in [6, 6.07) is 7.57. The molecule has 0 aromatic heterocycles. The minimum Gasteiger partial charge on any atom is -0.491 e. The summed E-state index contributed by atoms with van der Waals surface area (Å²) < 4.78 is 62.4. The molecule has 34 heavy (non-hydrogen) atoms. The van der Waals surface area contributed by atoms with Gasteiger partial charge in [-0.1, -0.05) is 26.8 Å². The fourth-order valence-corrected chi connectivity index (χ4v) is 8.49. The highest BCUT2D eigenvalue weighted by molar-refractivity contribution is 6.73. The monoisotopic (exact) mass is 502 g/mol. The highest BCUT2D eigenvalue weighted by Gasteiger charge is 2.62. The van der Waals surface area contributed by atoms with Crippen LogP contribution in [0.1, 0.15) is 39.2 Å². The minimum absolute atomic E-state index is 0.0126. The average molecular weight is 503 g/mol. The summed E-state index contributed by atoms with van der Waals surface area (Å²) in [6.45, 7) is 6.29. The van der Waals surface area contributed by atoms with E-state index in [4.69, 9.17) is 18.6 Å². The summed E-state index contributed by atoms with van der Waals surface area (Å²) in [5.41, 5.74) is -0.807. The third-order valence-corrected chi connectivity index (χ3v) is 12.5. The van der Waals surface area contributed by atoms with E-state index < -0.39 is 32.3 Å². The van der Waals surface area contributed by atoms with E-state index in [0.29, 0.717) is 12.8 Å². The van der Waals surface area contributed by atoms with Gasteiger partial charge in [0.15, 0.2) is 8.32 Å². The molecule has 3 fully saturated rings. The number of esters is 1. The predicted molar refractivity (Wildman–Crippen MR) is 120 cm³/mol. The van der Waals surface area contributed by atoms with Gasteiger partial charge in [0.2, 0.25) is 0 Å². The first-order valence-electron chi connectivity index (χ1n) is 12.1. The molecule has 7 atom stereocenters. The normalized spacial score (nSPS) is 31.8. The lowest BCUT2D eigenvalue weighted by Crippen LogP contribution is -2.43. The van der Waals surface area contributed by atoms with Crippen LogP contribution in [0.2, 0.25) is 18.1 Å². The number of carbonyl (C=O) groups excluding carboxylic acids is 1. The molecule has 0 radical (unpaired) electrons. The lowest BCUT2D eigenvalue weighted by molar-refractivity contribution is -0.142. The number of aliphatic hydroxyl groups is 1. The Morgan fingerprint density at radius 2 is 1.91 bits per heavy atom. The predicted octanol–water partition coefficient (Wildman–Crippen LogP) is 4.55. The molecule has 6 nitrogen and oxygen atoms in total. The maximum atomic E-state index is 12.9. The van der Waals surface area contributed by atoms with E-state index >= 15 is 0 Å². The van der Waals surface area contributed by atoms with Crippen LogP contribution in [0, 0.1) is 11.8 Å². The Kier molecular flexibility index (Phi) is 7.34. The quantitative estimate of drug-likeness (QED) is 0.287. The van der Waals surface area contributed by atoms with Crippen LogP contribution < -0.4 is 4.74 Å². The Morgan fingerprint density at radius 1 is 1.21 bits per heavy atom. The number of benzene rings is 1. The van der Waals surface area contributed by atoms with Gasteiger partial charge in [-0.25, -0.2) is 0 Å². The molecule has 190 valence electrons. The lowest BCUT2D eigenvalue weighted by atomic mass is 9.87. The average Bonchev–Trinajstić information content (AvgIpc) is 3.41. The largest absolute Gasteiger partial charge is 0.491 e. The van der Waals surface area contributed by atoms with E-state index in [2.05, 4.69) is 20.8 Å². The van der Waals surface area contributed by atoms with Crippen molar-refractivity contribution in [2.24, 2.45) is 11.8 Å². The van der Waals surface area contributed by atoms with E-state index in [1.165, 1.54) is 12.1 Å². The number of alkyl halides is 3. The van der Waals surface area contributed by atoms with Crippen LogP contribution in [-0.2, 0) is 24.9 Å². The second kappa shape index (κ2) is 9.79. The van der Waals surface area contributed by atoms with Crippen molar-refractivity contribution in [1.29, 1.82) is 0 Å². The fraction of sp³-hybridized carbons (Fsp3) is 0.708. The molecule has 2 heterocycles. The summed E-state index contributed by atoms with van der Waals surface area (Å²) in [6.07, 6.45) is -5.63. The summed E-state index contributed by atoms with van der Waals surface area (Å²) in [5.74, 6) is -0.260. The molecule has 2 aliphatic heterocycles. The van der Waals surface area contributed by atoms with Crippen molar-refractivity contribution >= 4 is 14.3 Å². The molecule has 1 unspecified atom stereocenters. The summed E-state index contributed by atoms with van der Waals surface area (Å²) in [7, 11) is -1.91. The highest BCUT2D eigenvalue weighted by atomic mass is 28.4. The van der Waals surface area contributed by atoms with Gasteiger partial charge < -0.3 is 23.7 Å². The molecule has 0 amide bonds. The second-order valence-corrected chi connectivity index (χ2v) is 14.3. The van der Waals surface area contributed by atoms with Crippen LogP contribution >= 0.6 is 0 Å². The van der Waals surface area contributed by atoms with Crippen LogP contribution in [0.25, 0.3) is 0 Å². The van der Waals surface area contributed by atoms with Gasteiger partial charge in [-0.3, -0.25) is 4.79 Å². The molecule has 10 heteroatoms. The fourth-order valence-electron chi connectivity index (χ4n) is 5.59. The van der Waals surface area contributed by atoms with Gasteiger partial charge in [-0.05, 0) is 36.3 Å². The summed E-state index contributed by atoms with van der Waals surface area (Å²) in [4.78, 5) is 11.9. The topological polar surface area (TPSA) is 77.5 Å². The van der Waals surface area contributed by atoms with Crippen LogP contribution in [0.4, 0.5) is 13.2 Å². The number of aliphatic hydroxyl groups excluding tert-OH is 1. The lowest BCUT2D eigenvalue weighted by Gasteiger charge is -2.34. The van der Waals surface area contributed by atoms with E-state index in [-0.39, 0.29) is 48.5 Å². The Labute approximate surface area is 198 Å². The summed E-state index contributed by atoms with van der Waals surface area (Å²) >= 11 is 0. The molecule has 1 aromatic rings. The highest BCUT2D eigenvalue weighted by Crippen LogP contribution is 2.51. The van der Waals surface area contributed by atoms with Crippen molar-refractivity contribution in [3.63, 3.8) is 0 Å². The zero-order chi connectivity index (χ0) is 24.7. The number of hydrogen-bond acceptors (Lipinski definition) is 6. The van der Waals surface area contributed by atoms with Gasteiger partial charge >= 0.3 is 12.1 Å². The number of rotatable bonds is 10. The van der Waals surface area contributed by atoms with Crippen LogP contribution in [-0.4, -0.2) is 56.5 Å². The first kappa shape index (κ1) is 25.5. The first-order valence-corrected chi connectivity index (χ1v) is 14.6. The molecular formula is C24H33F3O6Si. The van der Waals surface area contributed by atoms with Crippen LogP contribution in [0.15, 0.2) is 24.3 Å². The van der Waals surface area contributed by atoms with Gasteiger partial charge in [0.25, 0.3) is 0 Å². The zero-order valence-electron chi connectivity index (χ0n) is 19.7. The van der Waals surface area contributed by atoms with Gasteiger partial charge in [0.1, 0.15) is 30.7 Å². The maximum absolute atomic E-state index is 12.9. The molecular weight excluding hydrogens is 469 g/mol. The van der Waals surface area contributed by atoms with Crippen molar-refractivity contribution in [2.45, 2.75) is 88.4 Å². The first-order chi connectivity index (χ1) is 16.1. The molecule has 4 rings (SSSR count). The Balaban J connectivity index is 1.41. The second-order valence-electron chi connectivity index (χ2n) is 9.58. The number of hydrogen-bond donors (Lipinski definition) is 1. The number of epoxide rings is 1. The molecule has 1 saturated carbocycles. The van der Waals surface area contributed by atoms with Gasteiger partial charge in [-0.15, -0.1) is 0 Å². The molecule has 1 aromatic carbocycles. The van der Waals surface area contributed by atoms with Crippen molar-refractivity contribution < 1.29 is 41.7 Å². The number of ether oxygens (including phenoxy) is 3. The third kappa shape index (κ3) is 5.15. The number of carbonyl (C=O) groups is 1. The van der Waals surface area contributed by atoms with E-state index in [0.717, 1.165) is 30.3 Å². The smallest absolute Gasteiger partial charge is 0.416 e. The Hall–Kier alpha value is -1.62. The number of halogens is 3. The molecule has 0 spiro atoms. The van der Waals surface area contributed by atoms with Crippen LogP contribution in [0.3, 0.4) is 0 Å². The van der Waals surface area contributed by atoms with Crippen molar-refractivity contribution in [3.8, 4) is 5.75 Å². The molecule has 3 aliphatic rings. The van der Waals surface area contributed by atoms with Crippen LogP contribution in [0.5, 0.6) is 5.75 Å². The van der Waals surface area contributed by atoms with Crippen molar-refractivity contribution in [2.75, 3.05) is 6.61 Å². The number of fused-ring (bicyclic) bond motifs is 1. The van der Waals surface area contributed by atoms with E-state index in [9.17, 15) is 23.1 Å². The summed E-state index contributed by atoms with van der Waals surface area (Å²) in [5, 5.41) is 10.7. The SMILES string of the molecule is CC[Si](CC)(CC)O[C@@H]1C[C@@H]2OC(=O)C[C@@H]2[C@H]1[C@H]1OC1[C@@H](O)COc1cccc(C(F)(F)F)c1. The van der Waals surface area contributed by atoms with E-state index in [1.54, 1.807) is 0 Å². The van der Waals surface area contributed by atoms with E-state index in [1.807, 2.05) is 0 Å². The van der Waals surface area contributed by atoms with Gasteiger partial charge in [0.05, 0.1) is 24.2 Å². The third-order valence-electron chi connectivity index (χ3n) is 7.79. The molecule has 2 saturated heterocycles.